The van der Waals surface area contributed by atoms with Crippen LogP contribution in [0, 0.1) is 11.8 Å². The summed E-state index contributed by atoms with van der Waals surface area (Å²) in [6, 6.07) is 38.1. The van der Waals surface area contributed by atoms with Gasteiger partial charge in [0.1, 0.15) is 23.0 Å². The number of imide groups is 3. The molecule has 0 bridgehead atoms. The number of rotatable bonds is 7. The summed E-state index contributed by atoms with van der Waals surface area (Å²) < 4.78 is 17.9. The number of hydrogen-bond donors (Lipinski definition) is 1. The summed E-state index contributed by atoms with van der Waals surface area (Å²) in [6.07, 6.45) is -1.42. The summed E-state index contributed by atoms with van der Waals surface area (Å²) >= 11 is 0. The molecule has 0 aliphatic carbocycles. The first-order valence-electron chi connectivity index (χ1n) is 20.0. The van der Waals surface area contributed by atoms with E-state index < -0.39 is 41.4 Å². The van der Waals surface area contributed by atoms with Gasteiger partial charge in [0.05, 0.1) is 33.4 Å². The van der Waals surface area contributed by atoms with Gasteiger partial charge in [-0.1, -0.05) is 68.2 Å². The van der Waals surface area contributed by atoms with Crippen LogP contribution < -0.4 is 14.9 Å². The Labute approximate surface area is 365 Å². The van der Waals surface area contributed by atoms with Crippen LogP contribution in [-0.4, -0.2) is 69.6 Å². The highest BCUT2D eigenvalue weighted by Gasteiger charge is 2.48. The summed E-state index contributed by atoms with van der Waals surface area (Å²) in [6.45, 7) is 4.17. The SMILES string of the molecule is CN1C(=O)c2ccc(Oc3ccc(C(C)(C)c4ccc(Oc5ccc6c(c5)C(=O)N(C5=NNC(N7C(=O)c8ccc(C#Cc9ccccc9)cc8C7=O)O5)C6=O)cc4)cc3)cc2C1=O. The number of carbonyl (C=O) groups excluding carboxylic acids is 6. The Kier molecular flexibility index (Phi) is 9.19. The number of amidine groups is 1. The number of hydrogen-bond acceptors (Lipinski definition) is 11. The fraction of sp³-hybridized carbons (Fsp3) is 0.100. The van der Waals surface area contributed by atoms with E-state index in [2.05, 4.69) is 36.2 Å². The van der Waals surface area contributed by atoms with Crippen molar-refractivity contribution >= 4 is 41.5 Å². The Morgan fingerprint density at radius 2 is 1.00 bits per heavy atom. The van der Waals surface area contributed by atoms with Gasteiger partial charge in [0, 0.05) is 23.6 Å². The second-order valence-corrected chi connectivity index (χ2v) is 15.8. The molecule has 0 saturated carbocycles. The minimum absolute atomic E-state index is 0.0553. The Bertz CT molecular complexity index is 3130. The molecule has 0 spiro atoms. The van der Waals surface area contributed by atoms with Gasteiger partial charge >= 0.3 is 6.02 Å². The monoisotopic (exact) mass is 847 g/mol. The Morgan fingerprint density at radius 3 is 1.62 bits per heavy atom. The van der Waals surface area contributed by atoms with Gasteiger partial charge in [0.2, 0.25) is 0 Å². The molecule has 0 aromatic heterocycles. The molecular weight excluding hydrogens is 815 g/mol. The molecule has 0 saturated heterocycles. The third-order valence-electron chi connectivity index (χ3n) is 11.5. The van der Waals surface area contributed by atoms with Crippen molar-refractivity contribution < 1.29 is 43.0 Å². The Hall–Kier alpha value is -8.83. The molecule has 0 radical (unpaired) electrons. The highest BCUT2D eigenvalue weighted by Crippen LogP contribution is 2.37. The van der Waals surface area contributed by atoms with Gasteiger partial charge in [-0.3, -0.25) is 33.7 Å². The van der Waals surface area contributed by atoms with E-state index in [0.29, 0.717) is 39.7 Å². The first-order valence-corrected chi connectivity index (χ1v) is 20.0. The minimum atomic E-state index is -1.42. The van der Waals surface area contributed by atoms with Crippen molar-refractivity contribution in [2.75, 3.05) is 7.05 Å². The van der Waals surface area contributed by atoms with Crippen molar-refractivity contribution in [2.24, 2.45) is 5.10 Å². The van der Waals surface area contributed by atoms with E-state index >= 15 is 0 Å². The van der Waals surface area contributed by atoms with Gasteiger partial charge in [0.25, 0.3) is 41.8 Å². The van der Waals surface area contributed by atoms with Crippen molar-refractivity contribution in [3.8, 4) is 34.8 Å². The second kappa shape index (κ2) is 15.0. The Morgan fingerprint density at radius 1 is 0.531 bits per heavy atom. The van der Waals surface area contributed by atoms with Crippen LogP contribution in [0.5, 0.6) is 23.0 Å². The lowest BCUT2D eigenvalue weighted by Crippen LogP contribution is -2.47. The lowest BCUT2D eigenvalue weighted by Gasteiger charge is -2.26. The molecule has 4 aliphatic heterocycles. The van der Waals surface area contributed by atoms with Crippen LogP contribution in [0.2, 0.25) is 0 Å². The van der Waals surface area contributed by atoms with E-state index in [9.17, 15) is 28.8 Å². The number of fused-ring (bicyclic) bond motifs is 3. The molecule has 14 heteroatoms. The highest BCUT2D eigenvalue weighted by atomic mass is 16.6. The van der Waals surface area contributed by atoms with Crippen molar-refractivity contribution in [3.05, 3.63) is 189 Å². The second-order valence-electron chi connectivity index (χ2n) is 15.8. The first-order chi connectivity index (χ1) is 30.8. The average molecular weight is 848 g/mol. The number of benzene rings is 6. The summed E-state index contributed by atoms with van der Waals surface area (Å²) in [5, 5.41) is 4.02. The average Bonchev–Trinajstić information content (AvgIpc) is 4.00. The van der Waals surface area contributed by atoms with E-state index in [1.165, 1.54) is 31.3 Å². The van der Waals surface area contributed by atoms with E-state index in [4.69, 9.17) is 14.2 Å². The molecule has 6 aromatic carbocycles. The summed E-state index contributed by atoms with van der Waals surface area (Å²) in [5.74, 6) is 4.42. The lowest BCUT2D eigenvalue weighted by atomic mass is 9.78. The van der Waals surface area contributed by atoms with Crippen LogP contribution in [0.1, 0.15) is 98.2 Å². The van der Waals surface area contributed by atoms with Crippen LogP contribution in [0.3, 0.4) is 0 Å². The number of nitrogens with one attached hydrogen (secondary N) is 1. The molecule has 64 heavy (non-hydrogen) atoms. The predicted molar refractivity (Wildman–Crippen MR) is 230 cm³/mol. The standard InChI is InChI=1S/C50H33N5O9/c1-50(2,30-12-16-32(17-13-30)62-34-20-23-36-40(26-34)43(57)53(3)42(36)56)31-14-18-33(19-15-31)63-35-21-24-38-41(27-35)47(61)55(45(38)59)49-52-51-48(64-49)54-44(58)37-22-11-29(25-39(37)46(54)60)10-9-28-7-5-4-6-8-28/h4-8,11-27,48,51H,1-3H3. The maximum Gasteiger partial charge on any atom is 0.327 e. The molecule has 4 heterocycles. The van der Waals surface area contributed by atoms with Gasteiger partial charge < -0.3 is 14.2 Å². The van der Waals surface area contributed by atoms with Gasteiger partial charge in [-0.2, -0.15) is 4.90 Å². The zero-order valence-corrected chi connectivity index (χ0v) is 34.2. The van der Waals surface area contributed by atoms with E-state index in [0.717, 1.165) is 31.4 Å². The van der Waals surface area contributed by atoms with Crippen LogP contribution in [0.25, 0.3) is 0 Å². The zero-order chi connectivity index (χ0) is 44.4. The zero-order valence-electron chi connectivity index (χ0n) is 34.2. The van der Waals surface area contributed by atoms with E-state index in [1.807, 2.05) is 78.9 Å². The van der Waals surface area contributed by atoms with Crippen LogP contribution in [0.4, 0.5) is 0 Å². The molecule has 4 aliphatic rings. The molecule has 6 amide bonds. The summed E-state index contributed by atoms with van der Waals surface area (Å²) in [5.41, 5.74) is 6.57. The number of hydrazone groups is 1. The number of amides is 6. The molecule has 1 atom stereocenters. The molecule has 312 valence electrons. The normalized spacial score (nSPS) is 16.2. The van der Waals surface area contributed by atoms with E-state index in [-0.39, 0.29) is 34.1 Å². The molecule has 10 rings (SSSR count). The fourth-order valence-corrected chi connectivity index (χ4v) is 7.87. The number of ether oxygens (including phenoxy) is 3. The number of carbonyl (C=O) groups is 6. The minimum Gasteiger partial charge on any atom is -0.457 e. The molecule has 14 nitrogen and oxygen atoms in total. The van der Waals surface area contributed by atoms with Gasteiger partial charge in [-0.05, 0) is 102 Å². The predicted octanol–water partition coefficient (Wildman–Crippen LogP) is 7.29. The highest BCUT2D eigenvalue weighted by molar-refractivity contribution is 6.29. The largest absolute Gasteiger partial charge is 0.457 e. The van der Waals surface area contributed by atoms with Crippen LogP contribution in [0.15, 0.2) is 139 Å². The fourth-order valence-electron chi connectivity index (χ4n) is 7.87. The van der Waals surface area contributed by atoms with Crippen molar-refractivity contribution in [3.63, 3.8) is 0 Å². The maximum atomic E-state index is 13.7. The van der Waals surface area contributed by atoms with Crippen molar-refractivity contribution in [2.45, 2.75) is 25.6 Å². The first kappa shape index (κ1) is 39.3. The lowest BCUT2D eigenvalue weighted by molar-refractivity contribution is 0.0127. The third kappa shape index (κ3) is 6.59. The van der Waals surface area contributed by atoms with Crippen molar-refractivity contribution in [1.29, 1.82) is 0 Å². The Balaban J connectivity index is 0.776. The quantitative estimate of drug-likeness (QED) is 0.128. The topological polar surface area (TPSA) is 164 Å². The van der Waals surface area contributed by atoms with Crippen LogP contribution >= 0.6 is 0 Å². The molecule has 0 fully saturated rings. The molecule has 1 N–H and O–H groups in total. The number of nitrogens with zero attached hydrogens (tertiary/aromatic N) is 4. The summed E-state index contributed by atoms with van der Waals surface area (Å²) in [4.78, 5) is 81.4. The molecule has 6 aromatic rings. The summed E-state index contributed by atoms with van der Waals surface area (Å²) in [7, 11) is 1.45. The molecular formula is C50H33N5O9. The van der Waals surface area contributed by atoms with Crippen LogP contribution in [-0.2, 0) is 10.2 Å². The smallest absolute Gasteiger partial charge is 0.327 e. The van der Waals surface area contributed by atoms with E-state index in [1.54, 1.807) is 30.3 Å². The van der Waals surface area contributed by atoms with Gasteiger partial charge in [-0.15, -0.1) is 5.10 Å². The van der Waals surface area contributed by atoms with Crippen molar-refractivity contribution in [1.82, 2.24) is 20.1 Å². The van der Waals surface area contributed by atoms with Gasteiger partial charge in [0.15, 0.2) is 0 Å². The third-order valence-corrected chi connectivity index (χ3v) is 11.5. The van der Waals surface area contributed by atoms with Gasteiger partial charge in [-0.25, -0.2) is 10.3 Å². The maximum absolute atomic E-state index is 13.7. The molecule has 1 unspecified atom stereocenters.